The maximum atomic E-state index is 12.3. The summed E-state index contributed by atoms with van der Waals surface area (Å²) < 4.78 is 0. The van der Waals surface area contributed by atoms with Gasteiger partial charge in [0.1, 0.15) is 5.82 Å². The highest BCUT2D eigenvalue weighted by Gasteiger charge is 2.12. The second-order valence-corrected chi connectivity index (χ2v) is 6.49. The topological polar surface area (TPSA) is 82.5 Å². The molecule has 6 nitrogen and oxygen atoms in total. The monoisotopic (exact) mass is 353 g/mol. The minimum absolute atomic E-state index is 0.192. The van der Waals surface area contributed by atoms with Gasteiger partial charge in [-0.2, -0.15) is 0 Å². The second-order valence-electron chi connectivity index (χ2n) is 6.49. The molecule has 1 aromatic heterocycles. The molecule has 0 unspecified atom stereocenters. The maximum Gasteiger partial charge on any atom is 0.335 e. The number of carboxylic acid groups (broad SMARTS) is 1. The number of hydrogen-bond donors (Lipinski definition) is 2. The van der Waals surface area contributed by atoms with Crippen LogP contribution in [0.4, 0.5) is 5.82 Å². The van der Waals surface area contributed by atoms with Crippen molar-refractivity contribution in [3.05, 3.63) is 59.3 Å². The van der Waals surface area contributed by atoms with Crippen LogP contribution in [0.2, 0.25) is 0 Å². The highest BCUT2D eigenvalue weighted by molar-refractivity contribution is 5.94. The lowest BCUT2D eigenvalue weighted by molar-refractivity contribution is 0.0696. The van der Waals surface area contributed by atoms with Gasteiger partial charge >= 0.3 is 5.97 Å². The number of amides is 1. The van der Waals surface area contributed by atoms with Crippen molar-refractivity contribution in [3.63, 3.8) is 0 Å². The van der Waals surface area contributed by atoms with Gasteiger partial charge in [0.25, 0.3) is 5.91 Å². The van der Waals surface area contributed by atoms with E-state index in [0.717, 1.165) is 24.5 Å². The Labute approximate surface area is 152 Å². The second kappa shape index (κ2) is 8.47. The van der Waals surface area contributed by atoms with Crippen molar-refractivity contribution in [2.45, 2.75) is 32.2 Å². The summed E-state index contributed by atoms with van der Waals surface area (Å²) in [6.07, 6.45) is 6.52. The molecule has 1 saturated heterocycles. The fourth-order valence-electron chi connectivity index (χ4n) is 3.06. The summed E-state index contributed by atoms with van der Waals surface area (Å²) in [7, 11) is 0. The number of benzene rings is 1. The number of carbonyl (C=O) groups is 2. The highest BCUT2D eigenvalue weighted by atomic mass is 16.4. The quantitative estimate of drug-likeness (QED) is 0.863. The summed E-state index contributed by atoms with van der Waals surface area (Å²) in [5.41, 5.74) is 1.59. The van der Waals surface area contributed by atoms with Gasteiger partial charge in [-0.3, -0.25) is 4.79 Å². The summed E-state index contributed by atoms with van der Waals surface area (Å²) in [6.45, 7) is 2.38. The number of aromatic nitrogens is 1. The minimum Gasteiger partial charge on any atom is -0.478 e. The molecule has 1 amide bonds. The number of carboxylic acids is 1. The van der Waals surface area contributed by atoms with Crippen LogP contribution < -0.4 is 10.2 Å². The van der Waals surface area contributed by atoms with Crippen molar-refractivity contribution in [1.29, 1.82) is 0 Å². The van der Waals surface area contributed by atoms with Crippen LogP contribution in [0.5, 0.6) is 0 Å². The van der Waals surface area contributed by atoms with Crippen molar-refractivity contribution in [2.75, 3.05) is 18.0 Å². The SMILES string of the molecule is O=C(O)c1ccc(CNC(=O)c2ccc(N3CCCCCC3)nc2)cc1. The molecule has 0 spiro atoms. The zero-order valence-electron chi connectivity index (χ0n) is 14.6. The van der Waals surface area contributed by atoms with Gasteiger partial charge in [0.15, 0.2) is 0 Å². The number of rotatable bonds is 5. The number of nitrogens with zero attached hydrogens (tertiary/aromatic N) is 2. The lowest BCUT2D eigenvalue weighted by atomic mass is 10.1. The molecule has 0 radical (unpaired) electrons. The van der Waals surface area contributed by atoms with Gasteiger partial charge in [-0.1, -0.05) is 25.0 Å². The normalized spacial score (nSPS) is 14.5. The van der Waals surface area contributed by atoms with E-state index in [-0.39, 0.29) is 11.5 Å². The minimum atomic E-state index is -0.962. The molecule has 2 aromatic rings. The van der Waals surface area contributed by atoms with Crippen LogP contribution in [-0.4, -0.2) is 35.1 Å². The Balaban J connectivity index is 1.56. The average Bonchev–Trinajstić information content (AvgIpc) is 2.96. The third-order valence-electron chi connectivity index (χ3n) is 4.59. The van der Waals surface area contributed by atoms with E-state index in [1.165, 1.54) is 37.8 Å². The smallest absolute Gasteiger partial charge is 0.335 e. The number of pyridine rings is 1. The third-order valence-corrected chi connectivity index (χ3v) is 4.59. The van der Waals surface area contributed by atoms with E-state index >= 15 is 0 Å². The molecule has 136 valence electrons. The molecule has 2 heterocycles. The molecule has 1 aromatic carbocycles. The predicted octanol–water partition coefficient (Wildman–Crippen LogP) is 3.09. The van der Waals surface area contributed by atoms with Crippen LogP contribution in [0.15, 0.2) is 42.6 Å². The van der Waals surface area contributed by atoms with Crippen LogP contribution in [-0.2, 0) is 6.54 Å². The molecule has 1 fully saturated rings. The van der Waals surface area contributed by atoms with Crippen LogP contribution in [0, 0.1) is 0 Å². The Morgan fingerprint density at radius 2 is 1.62 bits per heavy atom. The zero-order valence-corrected chi connectivity index (χ0v) is 14.6. The first-order chi connectivity index (χ1) is 12.6. The average molecular weight is 353 g/mol. The Kier molecular flexibility index (Phi) is 5.84. The van der Waals surface area contributed by atoms with E-state index in [9.17, 15) is 9.59 Å². The first-order valence-electron chi connectivity index (χ1n) is 8.95. The molecule has 1 aliphatic heterocycles. The first kappa shape index (κ1) is 17.9. The van der Waals surface area contributed by atoms with Gasteiger partial charge in [0.05, 0.1) is 11.1 Å². The largest absolute Gasteiger partial charge is 0.478 e. The van der Waals surface area contributed by atoms with E-state index in [2.05, 4.69) is 15.2 Å². The molecule has 0 aliphatic carbocycles. The summed E-state index contributed by atoms with van der Waals surface area (Å²) in [5, 5.41) is 11.7. The summed E-state index contributed by atoms with van der Waals surface area (Å²) in [5.74, 6) is -0.230. The fourth-order valence-corrected chi connectivity index (χ4v) is 3.06. The maximum absolute atomic E-state index is 12.3. The van der Waals surface area contributed by atoms with Gasteiger partial charge < -0.3 is 15.3 Å². The highest BCUT2D eigenvalue weighted by Crippen LogP contribution is 2.17. The van der Waals surface area contributed by atoms with E-state index in [4.69, 9.17) is 5.11 Å². The standard InChI is InChI=1S/C20H23N3O3/c24-19(22-13-15-5-7-16(8-6-15)20(25)26)17-9-10-18(21-14-17)23-11-3-1-2-4-12-23/h5-10,14H,1-4,11-13H2,(H,22,24)(H,25,26). The third kappa shape index (κ3) is 4.59. The van der Waals surface area contributed by atoms with E-state index in [0.29, 0.717) is 12.1 Å². The van der Waals surface area contributed by atoms with E-state index in [1.807, 2.05) is 6.07 Å². The van der Waals surface area contributed by atoms with Crippen LogP contribution in [0.1, 0.15) is 52.0 Å². The Hall–Kier alpha value is -2.89. The summed E-state index contributed by atoms with van der Waals surface area (Å²) in [6, 6.07) is 10.2. The molecule has 0 saturated carbocycles. The van der Waals surface area contributed by atoms with Crippen molar-refractivity contribution in [2.24, 2.45) is 0 Å². The molecule has 26 heavy (non-hydrogen) atoms. The molecule has 0 bridgehead atoms. The molecule has 2 N–H and O–H groups in total. The molecular weight excluding hydrogens is 330 g/mol. The number of hydrogen-bond acceptors (Lipinski definition) is 4. The molecule has 3 rings (SSSR count). The molecule has 1 aliphatic rings. The van der Waals surface area contributed by atoms with Crippen molar-refractivity contribution < 1.29 is 14.7 Å². The first-order valence-corrected chi connectivity index (χ1v) is 8.95. The zero-order chi connectivity index (χ0) is 18.4. The van der Waals surface area contributed by atoms with Gasteiger partial charge in [-0.05, 0) is 42.7 Å². The van der Waals surface area contributed by atoms with E-state index in [1.54, 1.807) is 24.4 Å². The number of nitrogens with one attached hydrogen (secondary N) is 1. The number of aromatic carboxylic acids is 1. The molecule has 0 atom stereocenters. The fraction of sp³-hybridized carbons (Fsp3) is 0.350. The lowest BCUT2D eigenvalue weighted by Crippen LogP contribution is -2.26. The van der Waals surface area contributed by atoms with Gasteiger partial charge in [-0.25, -0.2) is 9.78 Å². The molecular formula is C20H23N3O3. The number of anilines is 1. The van der Waals surface area contributed by atoms with Crippen molar-refractivity contribution >= 4 is 17.7 Å². The Morgan fingerprint density at radius 3 is 2.19 bits per heavy atom. The Bertz CT molecular complexity index is 749. The summed E-state index contributed by atoms with van der Waals surface area (Å²) >= 11 is 0. The van der Waals surface area contributed by atoms with Crippen LogP contribution >= 0.6 is 0 Å². The van der Waals surface area contributed by atoms with Gasteiger partial charge in [0, 0.05) is 25.8 Å². The van der Waals surface area contributed by atoms with Crippen molar-refractivity contribution in [3.8, 4) is 0 Å². The van der Waals surface area contributed by atoms with Gasteiger partial charge in [0.2, 0.25) is 0 Å². The summed E-state index contributed by atoms with van der Waals surface area (Å²) in [4.78, 5) is 29.8. The van der Waals surface area contributed by atoms with Gasteiger partial charge in [-0.15, -0.1) is 0 Å². The van der Waals surface area contributed by atoms with Crippen LogP contribution in [0.3, 0.4) is 0 Å². The molecule has 6 heteroatoms. The number of carbonyl (C=O) groups excluding carboxylic acids is 1. The van der Waals surface area contributed by atoms with Crippen LogP contribution in [0.25, 0.3) is 0 Å². The Morgan fingerprint density at radius 1 is 0.962 bits per heavy atom. The van der Waals surface area contributed by atoms with E-state index < -0.39 is 5.97 Å². The van der Waals surface area contributed by atoms with Crippen molar-refractivity contribution in [1.82, 2.24) is 10.3 Å². The lowest BCUT2D eigenvalue weighted by Gasteiger charge is -2.21. The predicted molar refractivity (Wildman–Crippen MR) is 99.5 cm³/mol.